The van der Waals surface area contributed by atoms with Crippen molar-refractivity contribution in [1.29, 1.82) is 0 Å². The Hall–Kier alpha value is -0.840. The molecule has 2 aromatic rings. The number of halogens is 3. The summed E-state index contributed by atoms with van der Waals surface area (Å²) in [7, 11) is 0. The van der Waals surface area contributed by atoms with E-state index in [1.807, 2.05) is 13.8 Å². The molecular weight excluding hydrogens is 351 g/mol. The molecule has 0 atom stereocenters. The maximum atomic E-state index is 5.96. The van der Waals surface area contributed by atoms with Gasteiger partial charge in [0.2, 0.25) is 5.88 Å². The summed E-state index contributed by atoms with van der Waals surface area (Å²) < 4.78 is 6.45. The molecule has 19 heavy (non-hydrogen) atoms. The Kier molecular flexibility index (Phi) is 4.66. The minimum atomic E-state index is 0.176. The molecule has 0 bridgehead atoms. The minimum absolute atomic E-state index is 0.176. The Labute approximate surface area is 130 Å². The number of aromatic nitrogens is 2. The average molecular weight is 362 g/mol. The van der Waals surface area contributed by atoms with Crippen LogP contribution in [0.25, 0.3) is 0 Å². The minimum Gasteiger partial charge on any atom is -0.438 e. The highest BCUT2D eigenvalue weighted by Gasteiger charge is 2.10. The second-order valence-corrected chi connectivity index (χ2v) is 5.90. The summed E-state index contributed by atoms with van der Waals surface area (Å²) in [6, 6.07) is 6.84. The number of hydrogen-bond acceptors (Lipinski definition) is 3. The Balaban J connectivity index is 2.32. The zero-order chi connectivity index (χ0) is 14.0. The van der Waals surface area contributed by atoms with Crippen molar-refractivity contribution >= 4 is 39.1 Å². The van der Waals surface area contributed by atoms with Crippen LogP contribution in [0.5, 0.6) is 11.6 Å². The van der Waals surface area contributed by atoms with Crippen molar-refractivity contribution in [3.05, 3.63) is 44.7 Å². The SMILES string of the molecule is CC(C)c1nc(Cl)cc(Oc2ccc(Cl)cc2Br)n1. The van der Waals surface area contributed by atoms with Crippen LogP contribution in [-0.4, -0.2) is 9.97 Å². The van der Waals surface area contributed by atoms with Gasteiger partial charge in [0.05, 0.1) is 4.47 Å². The fourth-order valence-electron chi connectivity index (χ4n) is 1.39. The van der Waals surface area contributed by atoms with Gasteiger partial charge in [0.15, 0.2) is 0 Å². The molecule has 0 N–H and O–H groups in total. The molecule has 0 fully saturated rings. The molecule has 0 saturated carbocycles. The molecule has 6 heteroatoms. The van der Waals surface area contributed by atoms with E-state index in [0.29, 0.717) is 27.6 Å². The van der Waals surface area contributed by atoms with E-state index in [-0.39, 0.29) is 5.92 Å². The average Bonchev–Trinajstić information content (AvgIpc) is 2.32. The van der Waals surface area contributed by atoms with E-state index in [1.165, 1.54) is 0 Å². The van der Waals surface area contributed by atoms with E-state index in [9.17, 15) is 0 Å². The number of hydrogen-bond donors (Lipinski definition) is 0. The van der Waals surface area contributed by atoms with Crippen molar-refractivity contribution in [3.8, 4) is 11.6 Å². The van der Waals surface area contributed by atoms with Gasteiger partial charge in [-0.25, -0.2) is 4.98 Å². The maximum absolute atomic E-state index is 5.96. The molecule has 0 saturated heterocycles. The van der Waals surface area contributed by atoms with E-state index < -0.39 is 0 Å². The third kappa shape index (κ3) is 3.81. The molecule has 0 aliphatic carbocycles. The van der Waals surface area contributed by atoms with Gasteiger partial charge in [-0.2, -0.15) is 4.98 Å². The first-order valence-corrected chi connectivity index (χ1v) is 7.18. The lowest BCUT2D eigenvalue weighted by atomic mass is 10.2. The van der Waals surface area contributed by atoms with Crippen LogP contribution < -0.4 is 4.74 Å². The van der Waals surface area contributed by atoms with Crippen LogP contribution in [0, 0.1) is 0 Å². The second-order valence-electron chi connectivity index (χ2n) is 4.22. The summed E-state index contributed by atoms with van der Waals surface area (Å²) in [4.78, 5) is 8.47. The highest BCUT2D eigenvalue weighted by Crippen LogP contribution is 2.32. The molecule has 0 aliphatic rings. The molecule has 3 nitrogen and oxygen atoms in total. The number of nitrogens with zero attached hydrogens (tertiary/aromatic N) is 2. The van der Waals surface area contributed by atoms with Crippen molar-refractivity contribution in [2.75, 3.05) is 0 Å². The predicted octanol–water partition coefficient (Wildman–Crippen LogP) is 5.46. The Morgan fingerprint density at radius 3 is 2.53 bits per heavy atom. The van der Waals surface area contributed by atoms with Crippen LogP contribution in [0.3, 0.4) is 0 Å². The zero-order valence-electron chi connectivity index (χ0n) is 10.3. The summed E-state index contributed by atoms with van der Waals surface area (Å²) in [6.45, 7) is 3.99. The van der Waals surface area contributed by atoms with Crippen LogP contribution in [0.15, 0.2) is 28.7 Å². The second kappa shape index (κ2) is 6.07. The van der Waals surface area contributed by atoms with E-state index in [1.54, 1.807) is 24.3 Å². The summed E-state index contributed by atoms with van der Waals surface area (Å²) in [5.41, 5.74) is 0. The molecule has 1 aromatic heterocycles. The maximum Gasteiger partial charge on any atom is 0.224 e. The van der Waals surface area contributed by atoms with E-state index in [0.717, 1.165) is 4.47 Å². The summed E-state index contributed by atoms with van der Waals surface area (Å²) in [5.74, 6) is 1.85. The molecule has 0 amide bonds. The van der Waals surface area contributed by atoms with Crippen LogP contribution in [0.4, 0.5) is 0 Å². The fraction of sp³-hybridized carbons (Fsp3) is 0.231. The molecular formula is C13H11BrCl2N2O. The van der Waals surface area contributed by atoms with Gasteiger partial charge in [0.25, 0.3) is 0 Å². The summed E-state index contributed by atoms with van der Waals surface area (Å²) >= 11 is 15.2. The Morgan fingerprint density at radius 1 is 1.16 bits per heavy atom. The van der Waals surface area contributed by atoms with Gasteiger partial charge < -0.3 is 4.74 Å². The molecule has 100 valence electrons. The monoisotopic (exact) mass is 360 g/mol. The third-order valence-corrected chi connectivity index (χ3v) is 3.36. The topological polar surface area (TPSA) is 35.0 Å². The van der Waals surface area contributed by atoms with E-state index in [2.05, 4.69) is 25.9 Å². The molecule has 1 aromatic carbocycles. The molecule has 2 rings (SSSR count). The number of rotatable bonds is 3. The largest absolute Gasteiger partial charge is 0.438 e. The first-order chi connectivity index (χ1) is 8.95. The quantitative estimate of drug-likeness (QED) is 0.680. The van der Waals surface area contributed by atoms with Gasteiger partial charge in [-0.3, -0.25) is 0 Å². The fourth-order valence-corrected chi connectivity index (χ4v) is 2.34. The van der Waals surface area contributed by atoms with Crippen LogP contribution in [0.2, 0.25) is 10.2 Å². The zero-order valence-corrected chi connectivity index (χ0v) is 13.4. The standard InChI is InChI=1S/C13H11BrCl2N2O/c1-7(2)13-17-11(16)6-12(18-13)19-10-4-3-8(15)5-9(10)14/h3-7H,1-2H3. The predicted molar refractivity (Wildman–Crippen MR) is 80.4 cm³/mol. The van der Waals surface area contributed by atoms with Gasteiger partial charge >= 0.3 is 0 Å². The Bertz CT molecular complexity index is 605. The van der Waals surface area contributed by atoms with E-state index >= 15 is 0 Å². The van der Waals surface area contributed by atoms with Crippen LogP contribution >= 0.6 is 39.1 Å². The van der Waals surface area contributed by atoms with Gasteiger partial charge in [-0.1, -0.05) is 37.0 Å². The first kappa shape index (κ1) is 14.6. The normalized spacial score (nSPS) is 10.8. The number of ether oxygens (including phenoxy) is 1. The lowest BCUT2D eigenvalue weighted by Crippen LogP contribution is -2.00. The molecule has 0 aliphatic heterocycles. The molecule has 0 radical (unpaired) electrons. The highest BCUT2D eigenvalue weighted by molar-refractivity contribution is 9.10. The van der Waals surface area contributed by atoms with Gasteiger partial charge in [0, 0.05) is 17.0 Å². The third-order valence-electron chi connectivity index (χ3n) is 2.31. The highest BCUT2D eigenvalue weighted by atomic mass is 79.9. The lowest BCUT2D eigenvalue weighted by Gasteiger charge is -2.10. The van der Waals surface area contributed by atoms with Crippen LogP contribution in [0.1, 0.15) is 25.6 Å². The van der Waals surface area contributed by atoms with Gasteiger partial charge in [-0.15, -0.1) is 0 Å². The van der Waals surface area contributed by atoms with Crippen LogP contribution in [-0.2, 0) is 0 Å². The summed E-state index contributed by atoms with van der Waals surface area (Å²) in [5, 5.41) is 0.988. The Morgan fingerprint density at radius 2 is 1.89 bits per heavy atom. The first-order valence-electron chi connectivity index (χ1n) is 5.63. The summed E-state index contributed by atoms with van der Waals surface area (Å²) in [6.07, 6.45) is 0. The van der Waals surface area contributed by atoms with Crippen molar-refractivity contribution in [2.45, 2.75) is 19.8 Å². The van der Waals surface area contributed by atoms with Crippen molar-refractivity contribution < 1.29 is 4.74 Å². The van der Waals surface area contributed by atoms with Gasteiger partial charge in [-0.05, 0) is 34.1 Å². The lowest BCUT2D eigenvalue weighted by molar-refractivity contribution is 0.454. The van der Waals surface area contributed by atoms with E-state index in [4.69, 9.17) is 27.9 Å². The van der Waals surface area contributed by atoms with Gasteiger partial charge in [0.1, 0.15) is 16.7 Å². The molecule has 0 spiro atoms. The molecule has 1 heterocycles. The molecule has 0 unspecified atom stereocenters. The number of benzene rings is 1. The van der Waals surface area contributed by atoms with Crippen molar-refractivity contribution in [1.82, 2.24) is 9.97 Å². The van der Waals surface area contributed by atoms with Crippen molar-refractivity contribution in [3.63, 3.8) is 0 Å². The smallest absolute Gasteiger partial charge is 0.224 e. The van der Waals surface area contributed by atoms with Crippen molar-refractivity contribution in [2.24, 2.45) is 0 Å².